The molecule has 0 bridgehead atoms. The van der Waals surface area contributed by atoms with Gasteiger partial charge in [-0.05, 0) is 23.6 Å². The van der Waals surface area contributed by atoms with Gasteiger partial charge in [0.05, 0.1) is 19.6 Å². The number of aromatic nitrogens is 1. The maximum absolute atomic E-state index is 12.9. The fraction of sp³-hybridized carbons (Fsp3) is 0.273. The summed E-state index contributed by atoms with van der Waals surface area (Å²) < 4.78 is 0. The van der Waals surface area contributed by atoms with E-state index in [1.807, 2.05) is 48.5 Å². The molecular formula is C22H23N3O3. The Morgan fingerprint density at radius 1 is 1.11 bits per heavy atom. The predicted molar refractivity (Wildman–Crippen MR) is 107 cm³/mol. The summed E-state index contributed by atoms with van der Waals surface area (Å²) in [6.07, 6.45) is 0.929. The maximum atomic E-state index is 12.9. The molecule has 1 aliphatic rings. The van der Waals surface area contributed by atoms with Crippen LogP contribution in [0.1, 0.15) is 16.8 Å². The highest BCUT2D eigenvalue weighted by molar-refractivity contribution is 5.89. The number of rotatable bonds is 5. The highest BCUT2D eigenvalue weighted by atomic mass is 16.3. The molecule has 1 atom stereocenters. The molecule has 28 heavy (non-hydrogen) atoms. The molecule has 0 radical (unpaired) electrons. The van der Waals surface area contributed by atoms with Gasteiger partial charge in [-0.3, -0.25) is 9.59 Å². The molecule has 2 heterocycles. The lowest BCUT2D eigenvalue weighted by molar-refractivity contribution is -0.138. The highest BCUT2D eigenvalue weighted by Gasteiger charge is 2.29. The molecule has 0 aliphatic carbocycles. The van der Waals surface area contributed by atoms with Gasteiger partial charge < -0.3 is 20.3 Å². The monoisotopic (exact) mass is 377 g/mol. The van der Waals surface area contributed by atoms with Crippen LogP contribution >= 0.6 is 0 Å². The zero-order valence-corrected chi connectivity index (χ0v) is 15.5. The number of fused-ring (bicyclic) bond motifs is 3. The number of aliphatic hydroxyl groups excluding tert-OH is 1. The van der Waals surface area contributed by atoms with Crippen molar-refractivity contribution >= 4 is 22.7 Å². The first-order chi connectivity index (χ1) is 13.7. The number of nitrogens with zero attached hydrogens (tertiary/aromatic N) is 1. The Labute approximate surface area is 163 Å². The standard InChI is InChI=1S/C22H23N3O3/c26-14-20(24-21(27)12-15-6-2-1-3-7-15)22(28)25-11-10-17-16-8-4-5-9-18(16)23-19(17)13-25/h1-9,20,23,26H,10-14H2,(H,24,27). The molecule has 0 saturated heterocycles. The van der Waals surface area contributed by atoms with E-state index in [0.717, 1.165) is 23.2 Å². The molecule has 2 amide bonds. The van der Waals surface area contributed by atoms with Gasteiger partial charge in [-0.25, -0.2) is 0 Å². The number of hydrogen-bond donors (Lipinski definition) is 3. The summed E-state index contributed by atoms with van der Waals surface area (Å²) in [5, 5.41) is 13.5. The van der Waals surface area contributed by atoms with Crippen molar-refractivity contribution in [1.82, 2.24) is 15.2 Å². The zero-order valence-electron chi connectivity index (χ0n) is 15.5. The SMILES string of the molecule is O=C(Cc1ccccc1)NC(CO)C(=O)N1CCc2c([nH]c3ccccc23)C1. The van der Waals surface area contributed by atoms with Crippen LogP contribution in [-0.2, 0) is 29.0 Å². The molecule has 0 fully saturated rings. The van der Waals surface area contributed by atoms with Crippen LogP contribution in [0.4, 0.5) is 0 Å². The van der Waals surface area contributed by atoms with Gasteiger partial charge in [0.2, 0.25) is 11.8 Å². The second kappa shape index (κ2) is 7.86. The quantitative estimate of drug-likeness (QED) is 0.634. The van der Waals surface area contributed by atoms with Crippen LogP contribution in [0.2, 0.25) is 0 Å². The number of carbonyl (C=O) groups is 2. The Bertz CT molecular complexity index is 997. The first kappa shape index (κ1) is 18.3. The summed E-state index contributed by atoms with van der Waals surface area (Å²) >= 11 is 0. The minimum atomic E-state index is -0.929. The van der Waals surface area contributed by atoms with Crippen molar-refractivity contribution < 1.29 is 14.7 Å². The van der Waals surface area contributed by atoms with Crippen molar-refractivity contribution in [2.45, 2.75) is 25.4 Å². The van der Waals surface area contributed by atoms with E-state index in [1.54, 1.807) is 4.90 Å². The molecule has 2 aromatic carbocycles. The molecule has 6 heteroatoms. The Kier molecular flexibility index (Phi) is 5.12. The molecule has 0 spiro atoms. The summed E-state index contributed by atoms with van der Waals surface area (Å²) in [5.74, 6) is -0.532. The Hall–Kier alpha value is -3.12. The smallest absolute Gasteiger partial charge is 0.247 e. The Morgan fingerprint density at radius 2 is 1.86 bits per heavy atom. The van der Waals surface area contributed by atoms with E-state index >= 15 is 0 Å². The summed E-state index contributed by atoms with van der Waals surface area (Å²) in [7, 11) is 0. The molecule has 4 rings (SSSR count). The van der Waals surface area contributed by atoms with E-state index < -0.39 is 12.6 Å². The summed E-state index contributed by atoms with van der Waals surface area (Å²) in [6.45, 7) is 0.599. The van der Waals surface area contributed by atoms with Crippen LogP contribution in [0.3, 0.4) is 0 Å². The zero-order chi connectivity index (χ0) is 19.5. The average molecular weight is 377 g/mol. The minimum Gasteiger partial charge on any atom is -0.394 e. The number of aliphatic hydroxyl groups is 1. The van der Waals surface area contributed by atoms with E-state index in [1.165, 1.54) is 10.9 Å². The van der Waals surface area contributed by atoms with Gasteiger partial charge in [0, 0.05) is 23.1 Å². The van der Waals surface area contributed by atoms with Crippen LogP contribution in [0, 0.1) is 0 Å². The molecule has 144 valence electrons. The fourth-order valence-electron chi connectivity index (χ4n) is 3.81. The fourth-order valence-corrected chi connectivity index (χ4v) is 3.81. The van der Waals surface area contributed by atoms with Gasteiger partial charge in [-0.2, -0.15) is 0 Å². The van der Waals surface area contributed by atoms with Crippen molar-refractivity contribution in [2.24, 2.45) is 0 Å². The largest absolute Gasteiger partial charge is 0.394 e. The number of H-pyrrole nitrogens is 1. The second-order valence-electron chi connectivity index (χ2n) is 7.10. The van der Waals surface area contributed by atoms with Gasteiger partial charge in [-0.15, -0.1) is 0 Å². The van der Waals surface area contributed by atoms with Gasteiger partial charge in [0.25, 0.3) is 0 Å². The molecule has 0 saturated carbocycles. The highest BCUT2D eigenvalue weighted by Crippen LogP contribution is 2.27. The normalized spacial score (nSPS) is 14.5. The average Bonchev–Trinajstić information content (AvgIpc) is 3.10. The number of nitrogens with one attached hydrogen (secondary N) is 2. The number of hydrogen-bond acceptors (Lipinski definition) is 3. The second-order valence-corrected chi connectivity index (χ2v) is 7.10. The molecule has 1 aromatic heterocycles. The first-order valence-electron chi connectivity index (χ1n) is 9.47. The Balaban J connectivity index is 1.43. The van der Waals surface area contributed by atoms with Gasteiger partial charge in [-0.1, -0.05) is 48.5 Å². The Morgan fingerprint density at radius 3 is 2.64 bits per heavy atom. The van der Waals surface area contributed by atoms with Crippen molar-refractivity contribution in [2.75, 3.05) is 13.2 Å². The molecule has 1 aliphatic heterocycles. The number of aromatic amines is 1. The molecule has 6 nitrogen and oxygen atoms in total. The number of amides is 2. The maximum Gasteiger partial charge on any atom is 0.247 e. The van der Waals surface area contributed by atoms with Crippen molar-refractivity contribution in [3.63, 3.8) is 0 Å². The number of carbonyl (C=O) groups excluding carboxylic acids is 2. The lowest BCUT2D eigenvalue weighted by Gasteiger charge is -2.30. The van der Waals surface area contributed by atoms with E-state index in [0.29, 0.717) is 13.1 Å². The van der Waals surface area contributed by atoms with Crippen LogP contribution in [-0.4, -0.2) is 46.0 Å². The minimum absolute atomic E-state index is 0.177. The number of benzene rings is 2. The first-order valence-corrected chi connectivity index (χ1v) is 9.47. The molecule has 3 N–H and O–H groups in total. The van der Waals surface area contributed by atoms with Crippen molar-refractivity contribution in [3.05, 3.63) is 71.4 Å². The summed E-state index contributed by atoms with van der Waals surface area (Å²) in [4.78, 5) is 30.2. The van der Waals surface area contributed by atoms with Gasteiger partial charge in [0.1, 0.15) is 6.04 Å². The topological polar surface area (TPSA) is 85.4 Å². The van der Waals surface area contributed by atoms with E-state index in [4.69, 9.17) is 0 Å². The van der Waals surface area contributed by atoms with Crippen LogP contribution in [0.15, 0.2) is 54.6 Å². The van der Waals surface area contributed by atoms with E-state index in [2.05, 4.69) is 16.4 Å². The molecule has 1 unspecified atom stereocenters. The summed E-state index contributed by atoms with van der Waals surface area (Å²) in [5.41, 5.74) is 4.20. The van der Waals surface area contributed by atoms with E-state index in [9.17, 15) is 14.7 Å². The van der Waals surface area contributed by atoms with Crippen LogP contribution in [0.5, 0.6) is 0 Å². The van der Waals surface area contributed by atoms with Crippen molar-refractivity contribution in [3.8, 4) is 0 Å². The van der Waals surface area contributed by atoms with Gasteiger partial charge >= 0.3 is 0 Å². The predicted octanol–water partition coefficient (Wildman–Crippen LogP) is 1.77. The van der Waals surface area contributed by atoms with Crippen molar-refractivity contribution in [1.29, 1.82) is 0 Å². The number of para-hydroxylation sites is 1. The third-order valence-electron chi connectivity index (χ3n) is 5.22. The third-order valence-corrected chi connectivity index (χ3v) is 5.22. The van der Waals surface area contributed by atoms with E-state index in [-0.39, 0.29) is 18.2 Å². The molecule has 3 aromatic rings. The van der Waals surface area contributed by atoms with Crippen LogP contribution < -0.4 is 5.32 Å². The van der Waals surface area contributed by atoms with Crippen LogP contribution in [0.25, 0.3) is 10.9 Å². The van der Waals surface area contributed by atoms with Gasteiger partial charge in [0.15, 0.2) is 0 Å². The molecular weight excluding hydrogens is 354 g/mol. The summed E-state index contributed by atoms with van der Waals surface area (Å²) in [6, 6.07) is 16.5. The lowest BCUT2D eigenvalue weighted by Crippen LogP contribution is -2.51. The lowest BCUT2D eigenvalue weighted by atomic mass is 10.0. The third kappa shape index (κ3) is 3.64.